The van der Waals surface area contributed by atoms with E-state index in [4.69, 9.17) is 21.9 Å². The minimum absolute atomic E-state index is 0.0276. The minimum Gasteiger partial charge on any atom is -0.382 e. The molecule has 0 saturated carbocycles. The molecule has 4 rings (SSSR count). The van der Waals surface area contributed by atoms with Crippen molar-refractivity contribution in [3.05, 3.63) is 59.1 Å². The van der Waals surface area contributed by atoms with Gasteiger partial charge in [-0.15, -0.1) is 5.10 Å². The standard InChI is InChI=1S/C16H9ClF2N6O/c17-10-7-8(5-6-12(10)19)25-14(20)13(22-24-25)16-21-15(23-26-16)9-3-1-2-4-11(9)18/h1-7H,20H2. The van der Waals surface area contributed by atoms with E-state index < -0.39 is 11.6 Å². The average molecular weight is 375 g/mol. The lowest BCUT2D eigenvalue weighted by molar-refractivity contribution is 0.430. The first kappa shape index (κ1) is 16.2. The molecule has 7 nitrogen and oxygen atoms in total. The fourth-order valence-electron chi connectivity index (χ4n) is 2.32. The fourth-order valence-corrected chi connectivity index (χ4v) is 2.50. The largest absolute Gasteiger partial charge is 0.382 e. The van der Waals surface area contributed by atoms with Gasteiger partial charge in [0.1, 0.15) is 11.6 Å². The van der Waals surface area contributed by atoms with Crippen LogP contribution in [0.25, 0.3) is 28.7 Å². The van der Waals surface area contributed by atoms with Crippen LogP contribution in [0.15, 0.2) is 47.0 Å². The van der Waals surface area contributed by atoms with E-state index in [0.717, 1.165) is 0 Å². The van der Waals surface area contributed by atoms with Crippen LogP contribution in [0, 0.1) is 11.6 Å². The molecular formula is C16H9ClF2N6O. The van der Waals surface area contributed by atoms with E-state index >= 15 is 0 Å². The molecule has 0 aliphatic heterocycles. The zero-order valence-electron chi connectivity index (χ0n) is 12.9. The number of hydrogen-bond acceptors (Lipinski definition) is 6. The van der Waals surface area contributed by atoms with Crippen LogP contribution < -0.4 is 5.73 Å². The molecule has 4 aromatic rings. The smallest absolute Gasteiger partial charge is 0.282 e. The summed E-state index contributed by atoms with van der Waals surface area (Å²) in [5.74, 6) is -0.952. The summed E-state index contributed by atoms with van der Waals surface area (Å²) in [6.07, 6.45) is 0. The quantitative estimate of drug-likeness (QED) is 0.589. The maximum absolute atomic E-state index is 13.8. The third-order valence-corrected chi connectivity index (χ3v) is 3.89. The highest BCUT2D eigenvalue weighted by Crippen LogP contribution is 2.28. The SMILES string of the molecule is Nc1c(-c2nc(-c3ccccc3F)no2)nnn1-c1ccc(F)c(Cl)c1. The van der Waals surface area contributed by atoms with Gasteiger partial charge in [-0.3, -0.25) is 0 Å². The van der Waals surface area contributed by atoms with Gasteiger partial charge in [0, 0.05) is 0 Å². The third-order valence-electron chi connectivity index (χ3n) is 3.60. The Kier molecular flexibility index (Phi) is 3.85. The Balaban J connectivity index is 1.73. The van der Waals surface area contributed by atoms with E-state index in [9.17, 15) is 8.78 Å². The number of benzene rings is 2. The summed E-state index contributed by atoms with van der Waals surface area (Å²) >= 11 is 5.77. The first-order chi connectivity index (χ1) is 12.5. The fraction of sp³-hybridized carbons (Fsp3) is 0. The minimum atomic E-state index is -0.569. The maximum Gasteiger partial charge on any atom is 0.282 e. The Morgan fingerprint density at radius 2 is 1.88 bits per heavy atom. The Hall–Kier alpha value is -3.33. The Labute approximate surface area is 150 Å². The number of halogens is 3. The predicted octanol–water partition coefficient (Wildman–Crippen LogP) is 3.50. The van der Waals surface area contributed by atoms with Gasteiger partial charge in [-0.2, -0.15) is 9.67 Å². The molecule has 0 radical (unpaired) electrons. The normalized spacial score (nSPS) is 11.0. The summed E-state index contributed by atoms with van der Waals surface area (Å²) in [5.41, 5.74) is 6.73. The molecule has 0 unspecified atom stereocenters. The van der Waals surface area contributed by atoms with Crippen LogP contribution >= 0.6 is 11.6 Å². The molecule has 130 valence electrons. The molecule has 0 spiro atoms. The van der Waals surface area contributed by atoms with Crippen molar-refractivity contribution in [2.75, 3.05) is 5.73 Å². The van der Waals surface area contributed by atoms with Gasteiger partial charge in [-0.05, 0) is 30.3 Å². The Bertz CT molecular complexity index is 1110. The Morgan fingerprint density at radius 1 is 1.08 bits per heavy atom. The Morgan fingerprint density at radius 3 is 2.65 bits per heavy atom. The zero-order valence-corrected chi connectivity index (χ0v) is 13.7. The number of nitrogens with zero attached hydrogens (tertiary/aromatic N) is 5. The molecule has 2 aromatic carbocycles. The molecule has 10 heteroatoms. The van der Waals surface area contributed by atoms with Gasteiger partial charge in [0.05, 0.1) is 16.3 Å². The van der Waals surface area contributed by atoms with Crippen LogP contribution in [0.3, 0.4) is 0 Å². The molecular weight excluding hydrogens is 366 g/mol. The highest BCUT2D eigenvalue weighted by Gasteiger charge is 2.21. The summed E-state index contributed by atoms with van der Waals surface area (Å²) in [6, 6.07) is 9.98. The predicted molar refractivity (Wildman–Crippen MR) is 89.4 cm³/mol. The average Bonchev–Trinajstić information content (AvgIpc) is 3.24. The monoisotopic (exact) mass is 374 g/mol. The van der Waals surface area contributed by atoms with Crippen LogP contribution in [0.2, 0.25) is 5.02 Å². The van der Waals surface area contributed by atoms with Crippen LogP contribution in [-0.2, 0) is 0 Å². The lowest BCUT2D eigenvalue weighted by atomic mass is 10.2. The van der Waals surface area contributed by atoms with E-state index in [-0.39, 0.29) is 33.8 Å². The summed E-state index contributed by atoms with van der Waals surface area (Å²) in [6.45, 7) is 0. The molecule has 2 heterocycles. The molecule has 0 bridgehead atoms. The van der Waals surface area contributed by atoms with Crippen molar-refractivity contribution >= 4 is 17.4 Å². The zero-order chi connectivity index (χ0) is 18.3. The third kappa shape index (κ3) is 2.68. The lowest BCUT2D eigenvalue weighted by Gasteiger charge is -2.03. The van der Waals surface area contributed by atoms with Gasteiger partial charge in [0.25, 0.3) is 5.89 Å². The second-order valence-electron chi connectivity index (χ2n) is 5.24. The van der Waals surface area contributed by atoms with Crippen LogP contribution in [-0.4, -0.2) is 25.1 Å². The van der Waals surface area contributed by atoms with E-state index in [1.165, 1.54) is 35.0 Å². The van der Waals surface area contributed by atoms with Crippen molar-refractivity contribution in [2.45, 2.75) is 0 Å². The molecule has 0 fully saturated rings. The topological polar surface area (TPSA) is 95.7 Å². The van der Waals surface area contributed by atoms with Crippen molar-refractivity contribution in [3.63, 3.8) is 0 Å². The molecule has 0 atom stereocenters. The molecule has 0 aliphatic rings. The van der Waals surface area contributed by atoms with Crippen LogP contribution in [0.4, 0.5) is 14.6 Å². The summed E-state index contributed by atoms with van der Waals surface area (Å²) < 4.78 is 33.5. The number of aromatic nitrogens is 5. The lowest BCUT2D eigenvalue weighted by Crippen LogP contribution is -2.02. The second kappa shape index (κ2) is 6.19. The first-order valence-electron chi connectivity index (χ1n) is 7.30. The molecule has 2 N–H and O–H groups in total. The second-order valence-corrected chi connectivity index (χ2v) is 5.64. The number of rotatable bonds is 3. The summed E-state index contributed by atoms with van der Waals surface area (Å²) in [5, 5.41) is 11.5. The molecule has 0 saturated heterocycles. The van der Waals surface area contributed by atoms with Gasteiger partial charge in [-0.25, -0.2) is 8.78 Å². The van der Waals surface area contributed by atoms with Crippen LogP contribution in [0.5, 0.6) is 0 Å². The van der Waals surface area contributed by atoms with Crippen molar-refractivity contribution in [1.29, 1.82) is 0 Å². The van der Waals surface area contributed by atoms with Crippen molar-refractivity contribution in [1.82, 2.24) is 25.1 Å². The van der Waals surface area contributed by atoms with Crippen molar-refractivity contribution in [2.24, 2.45) is 0 Å². The van der Waals surface area contributed by atoms with Gasteiger partial charge >= 0.3 is 0 Å². The van der Waals surface area contributed by atoms with Crippen LogP contribution in [0.1, 0.15) is 0 Å². The molecule has 0 amide bonds. The van der Waals surface area contributed by atoms with E-state index in [0.29, 0.717) is 5.69 Å². The summed E-state index contributed by atoms with van der Waals surface area (Å²) in [4.78, 5) is 4.11. The number of anilines is 1. The number of nitrogens with two attached hydrogens (primary N) is 1. The van der Waals surface area contributed by atoms with Gasteiger partial charge in [-0.1, -0.05) is 34.1 Å². The van der Waals surface area contributed by atoms with Crippen molar-refractivity contribution < 1.29 is 13.3 Å². The maximum atomic E-state index is 13.8. The van der Waals surface area contributed by atoms with E-state index in [2.05, 4.69) is 20.5 Å². The van der Waals surface area contributed by atoms with Crippen molar-refractivity contribution in [3.8, 4) is 28.7 Å². The highest BCUT2D eigenvalue weighted by molar-refractivity contribution is 6.30. The number of hydrogen-bond donors (Lipinski definition) is 1. The summed E-state index contributed by atoms with van der Waals surface area (Å²) in [7, 11) is 0. The van der Waals surface area contributed by atoms with Gasteiger partial charge < -0.3 is 10.3 Å². The number of nitrogen functional groups attached to an aromatic ring is 1. The molecule has 0 aliphatic carbocycles. The van der Waals surface area contributed by atoms with Gasteiger partial charge in [0.2, 0.25) is 5.82 Å². The van der Waals surface area contributed by atoms with E-state index in [1.54, 1.807) is 12.1 Å². The molecule has 2 aromatic heterocycles. The van der Waals surface area contributed by atoms with Gasteiger partial charge in [0.15, 0.2) is 11.5 Å². The molecule has 26 heavy (non-hydrogen) atoms. The first-order valence-corrected chi connectivity index (χ1v) is 7.68. The highest BCUT2D eigenvalue weighted by atomic mass is 35.5. The van der Waals surface area contributed by atoms with E-state index in [1.807, 2.05) is 0 Å².